The van der Waals surface area contributed by atoms with Gasteiger partial charge in [0.05, 0.1) is 0 Å². The van der Waals surface area contributed by atoms with Gasteiger partial charge in [-0.3, -0.25) is 9.13 Å². The molecule has 0 aliphatic carbocycles. The molecule has 0 saturated carbocycles. The van der Waals surface area contributed by atoms with Crippen LogP contribution >= 0.6 is 15.2 Å². The van der Waals surface area contributed by atoms with Gasteiger partial charge in [0.15, 0.2) is 5.40 Å². The summed E-state index contributed by atoms with van der Waals surface area (Å²) in [6.07, 6.45) is 2.40. The third kappa shape index (κ3) is 8.17. The van der Waals surface area contributed by atoms with Crippen molar-refractivity contribution in [2.45, 2.75) is 56.6 Å². The van der Waals surface area contributed by atoms with Crippen molar-refractivity contribution in [1.82, 2.24) is 0 Å². The van der Waals surface area contributed by atoms with Gasteiger partial charge in [0, 0.05) is 6.42 Å². The van der Waals surface area contributed by atoms with Crippen LogP contribution < -0.4 is 5.73 Å². The van der Waals surface area contributed by atoms with Gasteiger partial charge in [-0.15, -0.1) is 0 Å². The molecule has 0 aromatic heterocycles. The minimum atomic E-state index is -5.04. The summed E-state index contributed by atoms with van der Waals surface area (Å²) >= 11 is 0. The standard InChI is InChI=1S/C9H23NO7P2/c1-2-3-4-5-6-9(10,11)7-8(18(12,13)14)19(15,16)17/h8,11H,2-7,10H2,1H3,(H2,12,13,14)(H2,15,16,17). The molecular formula is C9H23NO7P2. The summed E-state index contributed by atoms with van der Waals surface area (Å²) in [6.45, 7) is 1.99. The SMILES string of the molecule is CCCCCCC(N)(O)CC(P(=O)(O)O)P(=O)(O)O. The highest BCUT2D eigenvalue weighted by Gasteiger charge is 2.47. The van der Waals surface area contributed by atoms with Crippen LogP contribution in [-0.2, 0) is 9.13 Å². The molecule has 0 spiro atoms. The van der Waals surface area contributed by atoms with E-state index in [1.807, 2.05) is 6.92 Å². The molecule has 0 heterocycles. The summed E-state index contributed by atoms with van der Waals surface area (Å²) in [5.74, 6) is 0. The van der Waals surface area contributed by atoms with Gasteiger partial charge in [0.25, 0.3) is 0 Å². The lowest BCUT2D eigenvalue weighted by Crippen LogP contribution is -2.42. The molecule has 0 bridgehead atoms. The number of aliphatic hydroxyl groups is 1. The van der Waals surface area contributed by atoms with Gasteiger partial charge >= 0.3 is 15.2 Å². The zero-order valence-electron chi connectivity index (χ0n) is 10.8. The molecule has 116 valence electrons. The lowest BCUT2D eigenvalue weighted by molar-refractivity contribution is 0.0270. The molecule has 10 heteroatoms. The number of rotatable bonds is 9. The second kappa shape index (κ2) is 7.29. The first-order valence-electron chi connectivity index (χ1n) is 6.02. The van der Waals surface area contributed by atoms with E-state index in [9.17, 15) is 14.2 Å². The molecule has 19 heavy (non-hydrogen) atoms. The predicted molar refractivity (Wildman–Crippen MR) is 70.4 cm³/mol. The molecule has 1 unspecified atom stereocenters. The van der Waals surface area contributed by atoms with E-state index in [1.165, 1.54) is 0 Å². The van der Waals surface area contributed by atoms with Crippen molar-refractivity contribution in [3.63, 3.8) is 0 Å². The van der Waals surface area contributed by atoms with Gasteiger partial charge in [-0.1, -0.05) is 26.2 Å². The van der Waals surface area contributed by atoms with Crippen LogP contribution in [0.5, 0.6) is 0 Å². The first kappa shape index (κ1) is 19.2. The second-order valence-electron chi connectivity index (χ2n) is 4.78. The highest BCUT2D eigenvalue weighted by Crippen LogP contribution is 2.62. The lowest BCUT2D eigenvalue weighted by Gasteiger charge is -2.29. The number of hydrogen-bond donors (Lipinski definition) is 6. The number of nitrogens with two attached hydrogens (primary N) is 1. The summed E-state index contributed by atoms with van der Waals surface area (Å²) in [4.78, 5) is 35.8. The Morgan fingerprint density at radius 2 is 1.53 bits per heavy atom. The molecule has 0 aromatic carbocycles. The maximum atomic E-state index is 11.1. The average molecular weight is 319 g/mol. The predicted octanol–water partition coefficient (Wildman–Crippen LogP) is 0.676. The van der Waals surface area contributed by atoms with Crippen LogP contribution in [0.2, 0.25) is 0 Å². The van der Waals surface area contributed by atoms with Gasteiger partial charge in [-0.2, -0.15) is 0 Å². The molecule has 0 aliphatic heterocycles. The van der Waals surface area contributed by atoms with E-state index < -0.39 is 32.7 Å². The fraction of sp³-hybridized carbons (Fsp3) is 1.00. The minimum Gasteiger partial charge on any atom is -0.376 e. The maximum absolute atomic E-state index is 11.1. The van der Waals surface area contributed by atoms with Crippen molar-refractivity contribution >= 4 is 15.2 Å². The van der Waals surface area contributed by atoms with Crippen molar-refractivity contribution in [3.8, 4) is 0 Å². The van der Waals surface area contributed by atoms with Crippen LogP contribution in [0.15, 0.2) is 0 Å². The van der Waals surface area contributed by atoms with Crippen LogP contribution in [0.1, 0.15) is 45.4 Å². The Bertz CT molecular complexity index is 340. The zero-order chi connectivity index (χ0) is 15.3. The molecule has 8 nitrogen and oxygen atoms in total. The van der Waals surface area contributed by atoms with Gasteiger partial charge in [0.1, 0.15) is 5.72 Å². The van der Waals surface area contributed by atoms with E-state index in [0.29, 0.717) is 6.42 Å². The fourth-order valence-electron chi connectivity index (χ4n) is 1.71. The molecule has 0 radical (unpaired) electrons. The van der Waals surface area contributed by atoms with Crippen molar-refractivity contribution in [3.05, 3.63) is 0 Å². The molecule has 0 aromatic rings. The maximum Gasteiger partial charge on any atom is 0.340 e. The van der Waals surface area contributed by atoms with Crippen LogP contribution in [0.4, 0.5) is 0 Å². The quantitative estimate of drug-likeness (QED) is 0.205. The van der Waals surface area contributed by atoms with Gasteiger partial charge in [-0.05, 0) is 12.8 Å². The van der Waals surface area contributed by atoms with Crippen molar-refractivity contribution in [1.29, 1.82) is 0 Å². The first-order valence-corrected chi connectivity index (χ1v) is 9.38. The molecule has 7 N–H and O–H groups in total. The van der Waals surface area contributed by atoms with E-state index in [0.717, 1.165) is 19.3 Å². The highest BCUT2D eigenvalue weighted by atomic mass is 31.2. The van der Waals surface area contributed by atoms with Crippen molar-refractivity contribution < 1.29 is 33.8 Å². The Balaban J connectivity index is 4.66. The summed E-state index contributed by atoms with van der Waals surface area (Å²) in [6, 6.07) is 0. The Morgan fingerprint density at radius 3 is 1.89 bits per heavy atom. The van der Waals surface area contributed by atoms with Crippen molar-refractivity contribution in [2.24, 2.45) is 5.73 Å². The van der Waals surface area contributed by atoms with E-state index in [1.54, 1.807) is 0 Å². The normalized spacial score (nSPS) is 16.6. The second-order valence-corrected chi connectivity index (χ2v) is 8.79. The molecule has 0 saturated heterocycles. The highest BCUT2D eigenvalue weighted by molar-refractivity contribution is 7.70. The molecular weight excluding hydrogens is 296 g/mol. The Kier molecular flexibility index (Phi) is 7.38. The Morgan fingerprint density at radius 1 is 1.05 bits per heavy atom. The number of unbranched alkanes of at least 4 members (excludes halogenated alkanes) is 3. The van der Waals surface area contributed by atoms with Gasteiger partial charge in [0.2, 0.25) is 0 Å². The van der Waals surface area contributed by atoms with Gasteiger partial charge in [-0.25, -0.2) is 0 Å². The van der Waals surface area contributed by atoms with E-state index >= 15 is 0 Å². The summed E-state index contributed by atoms with van der Waals surface area (Å²) in [5, 5.41) is 7.54. The topological polar surface area (TPSA) is 161 Å². The van der Waals surface area contributed by atoms with Crippen LogP contribution in [0.3, 0.4) is 0 Å². The number of hydrogen-bond acceptors (Lipinski definition) is 4. The lowest BCUT2D eigenvalue weighted by atomic mass is 10.0. The van der Waals surface area contributed by atoms with Crippen molar-refractivity contribution in [2.75, 3.05) is 0 Å². The van der Waals surface area contributed by atoms with Crippen LogP contribution in [0.25, 0.3) is 0 Å². The summed E-state index contributed by atoms with van der Waals surface area (Å²) in [7, 11) is -10.1. The summed E-state index contributed by atoms with van der Waals surface area (Å²) in [5.41, 5.74) is 3.46. The van der Waals surface area contributed by atoms with E-state index in [-0.39, 0.29) is 6.42 Å². The van der Waals surface area contributed by atoms with Crippen LogP contribution in [0, 0.1) is 0 Å². The molecule has 0 aliphatic rings. The summed E-state index contributed by atoms with van der Waals surface area (Å²) < 4.78 is 22.1. The van der Waals surface area contributed by atoms with E-state index in [2.05, 4.69) is 0 Å². The third-order valence-corrected chi connectivity index (χ3v) is 6.50. The molecule has 0 fully saturated rings. The third-order valence-electron chi connectivity index (χ3n) is 2.78. The Labute approximate surface area is 112 Å². The smallest absolute Gasteiger partial charge is 0.340 e. The molecule has 0 amide bonds. The van der Waals surface area contributed by atoms with Crippen LogP contribution in [-0.4, -0.2) is 35.8 Å². The largest absolute Gasteiger partial charge is 0.376 e. The fourth-order valence-corrected chi connectivity index (χ4v) is 4.39. The molecule has 1 atom stereocenters. The minimum absolute atomic E-state index is 0.0312. The average Bonchev–Trinajstić information content (AvgIpc) is 2.18. The molecule has 0 rings (SSSR count). The van der Waals surface area contributed by atoms with E-state index in [4.69, 9.17) is 25.3 Å². The Hall–Kier alpha value is 0.220. The first-order chi connectivity index (χ1) is 8.40. The van der Waals surface area contributed by atoms with Gasteiger partial charge < -0.3 is 30.4 Å². The monoisotopic (exact) mass is 319 g/mol. The zero-order valence-corrected chi connectivity index (χ0v) is 12.6.